The maximum atomic E-state index is 12.1. The van der Waals surface area contributed by atoms with Crippen LogP contribution in [0, 0.1) is 0 Å². The zero-order valence-corrected chi connectivity index (χ0v) is 11.5. The highest BCUT2D eigenvalue weighted by atomic mass is 32.2. The Morgan fingerprint density at radius 1 is 1.17 bits per heavy atom. The first-order chi connectivity index (χ1) is 8.62. The second kappa shape index (κ2) is 5.71. The fraction of sp³-hybridized carbons (Fsp3) is 0.538. The van der Waals surface area contributed by atoms with Crippen LogP contribution in [-0.4, -0.2) is 20.7 Å². The Morgan fingerprint density at radius 2 is 1.78 bits per heavy atom. The highest BCUT2D eigenvalue weighted by Gasteiger charge is 2.28. The highest BCUT2D eigenvalue weighted by molar-refractivity contribution is 7.93. The summed E-state index contributed by atoms with van der Waals surface area (Å²) in [7, 11) is -1.32. The fourth-order valence-corrected chi connectivity index (χ4v) is 3.93. The van der Waals surface area contributed by atoms with E-state index in [-0.39, 0.29) is 5.25 Å². The molecule has 0 spiro atoms. The fourth-order valence-electron chi connectivity index (χ4n) is 2.34. The number of sulfonamides is 1. The monoisotopic (exact) mass is 268 g/mol. The van der Waals surface area contributed by atoms with Crippen molar-refractivity contribution in [2.45, 2.75) is 37.5 Å². The largest absolute Gasteiger partial charge is 0.316 e. The van der Waals surface area contributed by atoms with E-state index < -0.39 is 10.0 Å². The molecule has 18 heavy (non-hydrogen) atoms. The van der Waals surface area contributed by atoms with Gasteiger partial charge in [-0.15, -0.1) is 0 Å². The smallest absolute Gasteiger partial charge is 0.235 e. The Bertz CT molecular complexity index is 476. The van der Waals surface area contributed by atoms with Gasteiger partial charge < -0.3 is 5.32 Å². The second-order valence-electron chi connectivity index (χ2n) is 4.78. The Balaban J connectivity index is 2.04. The summed E-state index contributed by atoms with van der Waals surface area (Å²) in [4.78, 5) is 0. The summed E-state index contributed by atoms with van der Waals surface area (Å²) < 4.78 is 26.9. The van der Waals surface area contributed by atoms with Crippen LogP contribution in [0.15, 0.2) is 24.3 Å². The Morgan fingerprint density at radius 3 is 2.33 bits per heavy atom. The first-order valence-electron chi connectivity index (χ1n) is 6.37. The minimum Gasteiger partial charge on any atom is -0.316 e. The molecule has 5 heteroatoms. The zero-order chi connectivity index (χ0) is 13.0. The van der Waals surface area contributed by atoms with Gasteiger partial charge in [-0.05, 0) is 37.6 Å². The molecule has 2 rings (SSSR count). The number of rotatable bonds is 5. The van der Waals surface area contributed by atoms with Gasteiger partial charge in [0.05, 0.1) is 5.25 Å². The molecule has 0 amide bonds. The lowest BCUT2D eigenvalue weighted by atomic mass is 10.2. The zero-order valence-electron chi connectivity index (χ0n) is 10.6. The third-order valence-corrected chi connectivity index (χ3v) is 5.21. The van der Waals surface area contributed by atoms with E-state index in [9.17, 15) is 8.42 Å². The molecule has 0 unspecified atom stereocenters. The lowest BCUT2D eigenvalue weighted by Gasteiger charge is -2.13. The van der Waals surface area contributed by atoms with Crippen LogP contribution in [-0.2, 0) is 16.6 Å². The quantitative estimate of drug-likeness (QED) is 0.859. The topological polar surface area (TPSA) is 58.2 Å². The van der Waals surface area contributed by atoms with Gasteiger partial charge in [-0.25, -0.2) is 8.42 Å². The lowest BCUT2D eigenvalue weighted by Crippen LogP contribution is -2.25. The lowest BCUT2D eigenvalue weighted by molar-refractivity contribution is 0.585. The molecule has 1 fully saturated rings. The van der Waals surface area contributed by atoms with Crippen LogP contribution in [0.2, 0.25) is 0 Å². The summed E-state index contributed by atoms with van der Waals surface area (Å²) in [5.41, 5.74) is 1.79. The van der Waals surface area contributed by atoms with Crippen LogP contribution in [0.5, 0.6) is 0 Å². The van der Waals surface area contributed by atoms with Crippen LogP contribution in [0.1, 0.15) is 31.2 Å². The molecule has 4 nitrogen and oxygen atoms in total. The number of hydrogen-bond acceptors (Lipinski definition) is 3. The van der Waals surface area contributed by atoms with E-state index in [2.05, 4.69) is 10.0 Å². The molecule has 0 aromatic heterocycles. The summed E-state index contributed by atoms with van der Waals surface area (Å²) in [5.74, 6) is 0. The summed E-state index contributed by atoms with van der Waals surface area (Å²) in [5, 5.41) is 2.84. The third-order valence-electron chi connectivity index (χ3n) is 3.34. The maximum Gasteiger partial charge on any atom is 0.235 e. The van der Waals surface area contributed by atoms with Gasteiger partial charge in [0.1, 0.15) is 0 Å². The van der Waals surface area contributed by atoms with E-state index in [1.165, 1.54) is 0 Å². The van der Waals surface area contributed by atoms with Gasteiger partial charge in [0.15, 0.2) is 0 Å². The van der Waals surface area contributed by atoms with Gasteiger partial charge >= 0.3 is 0 Å². The van der Waals surface area contributed by atoms with E-state index >= 15 is 0 Å². The summed E-state index contributed by atoms with van der Waals surface area (Å²) in [6.07, 6.45) is 3.61. The van der Waals surface area contributed by atoms with Crippen LogP contribution in [0.3, 0.4) is 0 Å². The molecule has 1 aromatic rings. The molecular weight excluding hydrogens is 248 g/mol. The number of anilines is 1. The molecule has 0 radical (unpaired) electrons. The van der Waals surface area contributed by atoms with Gasteiger partial charge in [0.25, 0.3) is 0 Å². The number of benzene rings is 1. The van der Waals surface area contributed by atoms with Crippen molar-refractivity contribution in [3.8, 4) is 0 Å². The van der Waals surface area contributed by atoms with Gasteiger partial charge in [-0.3, -0.25) is 4.72 Å². The van der Waals surface area contributed by atoms with E-state index in [1.54, 1.807) is 0 Å². The minimum absolute atomic E-state index is 0.213. The Labute approximate surface area is 109 Å². The molecule has 0 atom stereocenters. The highest BCUT2D eigenvalue weighted by Crippen LogP contribution is 2.26. The van der Waals surface area contributed by atoms with Crippen LogP contribution < -0.4 is 10.0 Å². The summed E-state index contributed by atoms with van der Waals surface area (Å²) in [6.45, 7) is 0.787. The molecule has 100 valence electrons. The molecule has 1 aromatic carbocycles. The standard InChI is InChI=1S/C13H20N2O2S/c1-14-10-11-6-8-12(9-7-11)15-18(16,17)13-4-2-3-5-13/h6-9,13-15H,2-5,10H2,1H3. The first-order valence-corrected chi connectivity index (χ1v) is 7.91. The number of hydrogen-bond donors (Lipinski definition) is 2. The normalized spacial score (nSPS) is 16.9. The SMILES string of the molecule is CNCc1ccc(NS(=O)(=O)C2CCCC2)cc1. The molecule has 0 heterocycles. The average molecular weight is 268 g/mol. The van der Waals surface area contributed by atoms with Crippen molar-refractivity contribution in [2.75, 3.05) is 11.8 Å². The Hall–Kier alpha value is -1.07. The van der Waals surface area contributed by atoms with E-state index in [1.807, 2.05) is 31.3 Å². The molecule has 1 aliphatic carbocycles. The molecule has 1 aliphatic rings. The van der Waals surface area contributed by atoms with Gasteiger partial charge in [0, 0.05) is 12.2 Å². The predicted octanol–water partition coefficient (Wildman–Crippen LogP) is 2.09. The third kappa shape index (κ3) is 3.23. The van der Waals surface area contributed by atoms with Crippen LogP contribution in [0.25, 0.3) is 0 Å². The van der Waals surface area contributed by atoms with Crippen molar-refractivity contribution in [1.82, 2.24) is 5.32 Å². The average Bonchev–Trinajstić information content (AvgIpc) is 2.86. The summed E-state index contributed by atoms with van der Waals surface area (Å²) in [6, 6.07) is 7.50. The van der Waals surface area contributed by atoms with E-state index in [4.69, 9.17) is 0 Å². The van der Waals surface area contributed by atoms with Crippen molar-refractivity contribution in [3.05, 3.63) is 29.8 Å². The van der Waals surface area contributed by atoms with E-state index in [0.717, 1.165) is 37.8 Å². The van der Waals surface area contributed by atoms with Crippen molar-refractivity contribution in [3.63, 3.8) is 0 Å². The molecule has 0 bridgehead atoms. The van der Waals surface area contributed by atoms with Crippen LogP contribution >= 0.6 is 0 Å². The van der Waals surface area contributed by atoms with Gasteiger partial charge in [0.2, 0.25) is 10.0 Å². The first kappa shape index (κ1) is 13.4. The Kier molecular flexibility index (Phi) is 4.24. The van der Waals surface area contributed by atoms with Gasteiger partial charge in [-0.2, -0.15) is 0 Å². The second-order valence-corrected chi connectivity index (χ2v) is 6.74. The number of nitrogens with one attached hydrogen (secondary N) is 2. The van der Waals surface area contributed by atoms with Gasteiger partial charge in [-0.1, -0.05) is 25.0 Å². The van der Waals surface area contributed by atoms with Crippen molar-refractivity contribution in [2.24, 2.45) is 0 Å². The van der Waals surface area contributed by atoms with E-state index in [0.29, 0.717) is 5.69 Å². The molecule has 2 N–H and O–H groups in total. The minimum atomic E-state index is -3.20. The molecular formula is C13H20N2O2S. The van der Waals surface area contributed by atoms with Crippen molar-refractivity contribution >= 4 is 15.7 Å². The molecule has 0 saturated heterocycles. The van der Waals surface area contributed by atoms with Crippen molar-refractivity contribution < 1.29 is 8.42 Å². The molecule has 0 aliphatic heterocycles. The predicted molar refractivity (Wildman–Crippen MR) is 74.0 cm³/mol. The van der Waals surface area contributed by atoms with Crippen LogP contribution in [0.4, 0.5) is 5.69 Å². The maximum absolute atomic E-state index is 12.1. The molecule has 1 saturated carbocycles. The summed E-state index contributed by atoms with van der Waals surface area (Å²) >= 11 is 0. The van der Waals surface area contributed by atoms with Crippen molar-refractivity contribution in [1.29, 1.82) is 0 Å².